The Balaban J connectivity index is 1.67. The highest BCUT2D eigenvalue weighted by molar-refractivity contribution is 5.41. The van der Waals surface area contributed by atoms with Crippen molar-refractivity contribution < 1.29 is 33.9 Å². The van der Waals surface area contributed by atoms with Crippen molar-refractivity contribution >= 4 is 0 Å². The molecule has 0 aromatic heterocycles. The van der Waals surface area contributed by atoms with Crippen molar-refractivity contribution in [3.63, 3.8) is 0 Å². The normalized spacial score (nSPS) is 59.5. The molecular weight excluding hydrogens is 438 g/mol. The number of likely N-dealkylation sites (tertiary alicyclic amines) is 1. The van der Waals surface area contributed by atoms with E-state index in [-0.39, 0.29) is 58.9 Å². The maximum Gasteiger partial charge on any atom is 0.136 e. The standard InChI is InChI=1S/C26H43NO7/c1-7-27-12-23(13-30-2)9-8-17(32-4)25-15-10-14-16(31-3)11-24(28,18(15)19(14)33-5)26(29,22(25)27)21(34-6)20(23)25/h14-22,28-29H,7-13H2,1-6H3/t14-,15-,16+,17+,18-,19+,20-,21+,22?,23+,24-,25+,26?/m1/s1. The zero-order valence-electron chi connectivity index (χ0n) is 21.5. The molecule has 2 unspecified atom stereocenters. The summed E-state index contributed by atoms with van der Waals surface area (Å²) in [6.45, 7) is 4.41. The summed E-state index contributed by atoms with van der Waals surface area (Å²) in [7, 11) is 8.77. The Hall–Kier alpha value is -0.320. The lowest BCUT2D eigenvalue weighted by Gasteiger charge is -2.70. The second kappa shape index (κ2) is 7.60. The second-order valence-electron chi connectivity index (χ2n) is 12.1. The molecule has 1 spiro atoms. The fraction of sp³-hybridized carbons (Fsp3) is 1.00. The Labute approximate surface area is 203 Å². The van der Waals surface area contributed by atoms with Crippen LogP contribution in [0.25, 0.3) is 0 Å². The molecule has 194 valence electrons. The molecule has 6 aliphatic rings. The van der Waals surface area contributed by atoms with Crippen LogP contribution in [0, 0.1) is 34.5 Å². The lowest BCUT2D eigenvalue weighted by atomic mass is 9.42. The maximum absolute atomic E-state index is 13.1. The second-order valence-corrected chi connectivity index (χ2v) is 12.1. The van der Waals surface area contributed by atoms with E-state index in [2.05, 4.69) is 11.8 Å². The Morgan fingerprint density at radius 3 is 2.35 bits per heavy atom. The fourth-order valence-electron chi connectivity index (χ4n) is 11.3. The average molecular weight is 482 g/mol. The van der Waals surface area contributed by atoms with Gasteiger partial charge < -0.3 is 33.9 Å². The number of ether oxygens (including phenoxy) is 5. The molecule has 1 aliphatic heterocycles. The van der Waals surface area contributed by atoms with Crippen molar-refractivity contribution in [2.45, 2.75) is 74.3 Å². The molecule has 1 heterocycles. The zero-order chi connectivity index (χ0) is 24.3. The van der Waals surface area contributed by atoms with E-state index >= 15 is 0 Å². The van der Waals surface area contributed by atoms with Crippen LogP contribution in [0.2, 0.25) is 0 Å². The van der Waals surface area contributed by atoms with E-state index in [0.29, 0.717) is 13.0 Å². The molecule has 0 aromatic carbocycles. The molecule has 0 aromatic rings. The third-order valence-electron chi connectivity index (χ3n) is 11.7. The van der Waals surface area contributed by atoms with Gasteiger partial charge in [-0.2, -0.15) is 0 Å². The van der Waals surface area contributed by atoms with Crippen LogP contribution in [0.5, 0.6) is 0 Å². The summed E-state index contributed by atoms with van der Waals surface area (Å²) >= 11 is 0. The highest BCUT2D eigenvalue weighted by atomic mass is 16.5. The van der Waals surface area contributed by atoms with Gasteiger partial charge in [0.2, 0.25) is 0 Å². The number of likely N-dealkylation sites (N-methyl/N-ethyl adjacent to an activating group) is 1. The van der Waals surface area contributed by atoms with Crippen LogP contribution in [0.1, 0.15) is 32.6 Å². The first-order valence-corrected chi connectivity index (χ1v) is 13.1. The molecule has 0 radical (unpaired) electrons. The van der Waals surface area contributed by atoms with Crippen LogP contribution in [0.3, 0.4) is 0 Å². The summed E-state index contributed by atoms with van der Waals surface area (Å²) in [5.41, 5.74) is -3.38. The first-order valence-electron chi connectivity index (χ1n) is 13.1. The summed E-state index contributed by atoms with van der Waals surface area (Å²) in [4.78, 5) is 2.43. The number of piperidine rings is 1. The third-order valence-corrected chi connectivity index (χ3v) is 11.7. The minimum atomic E-state index is -1.47. The number of nitrogens with zero attached hydrogens (tertiary/aromatic N) is 1. The van der Waals surface area contributed by atoms with Crippen molar-refractivity contribution in [1.29, 1.82) is 0 Å². The number of hydrogen-bond donors (Lipinski definition) is 2. The molecule has 5 saturated carbocycles. The van der Waals surface area contributed by atoms with E-state index in [9.17, 15) is 10.2 Å². The number of hydrogen-bond acceptors (Lipinski definition) is 8. The third kappa shape index (κ3) is 2.27. The van der Waals surface area contributed by atoms with E-state index in [0.717, 1.165) is 32.4 Å². The SMILES string of the molecule is CCN1C[C@]2(COC)CC[C@H](OC)[C@]34C1C(O)([C@@H](OC)[C@H]23)[C@@]1(O)C[C@H](OC)[C@H]2C[C@@H]4[C@@H]1[C@H]2OC. The lowest BCUT2D eigenvalue weighted by Crippen LogP contribution is -2.82. The molecule has 2 N–H and O–H groups in total. The molecule has 7 bridgehead atoms. The highest BCUT2D eigenvalue weighted by Gasteiger charge is 2.91. The van der Waals surface area contributed by atoms with Gasteiger partial charge >= 0.3 is 0 Å². The molecule has 34 heavy (non-hydrogen) atoms. The van der Waals surface area contributed by atoms with Crippen LogP contribution >= 0.6 is 0 Å². The fourth-order valence-corrected chi connectivity index (χ4v) is 11.3. The van der Waals surface area contributed by atoms with Gasteiger partial charge in [-0.05, 0) is 31.7 Å². The zero-order valence-corrected chi connectivity index (χ0v) is 21.5. The number of fused-ring (bicyclic) bond motifs is 2. The van der Waals surface area contributed by atoms with Gasteiger partial charge in [0.05, 0.1) is 37.1 Å². The summed E-state index contributed by atoms with van der Waals surface area (Å²) < 4.78 is 30.7. The van der Waals surface area contributed by atoms with Crippen molar-refractivity contribution in [2.24, 2.45) is 34.5 Å². The van der Waals surface area contributed by atoms with E-state index in [1.54, 1.807) is 28.4 Å². The van der Waals surface area contributed by atoms with Gasteiger partial charge in [-0.3, -0.25) is 4.90 Å². The van der Waals surface area contributed by atoms with Crippen LogP contribution in [0.4, 0.5) is 0 Å². The Morgan fingerprint density at radius 2 is 1.76 bits per heavy atom. The van der Waals surface area contributed by atoms with Crippen molar-refractivity contribution in [2.75, 3.05) is 55.2 Å². The van der Waals surface area contributed by atoms with Gasteiger partial charge in [-0.1, -0.05) is 6.92 Å². The van der Waals surface area contributed by atoms with E-state index in [1.807, 2.05) is 7.11 Å². The van der Waals surface area contributed by atoms with Crippen LogP contribution in [-0.4, -0.2) is 112 Å². The molecule has 5 aliphatic carbocycles. The number of aliphatic hydroxyl groups is 2. The monoisotopic (exact) mass is 481 g/mol. The summed E-state index contributed by atoms with van der Waals surface area (Å²) in [6, 6.07) is -0.256. The Kier molecular flexibility index (Phi) is 5.38. The van der Waals surface area contributed by atoms with Gasteiger partial charge in [0.15, 0.2) is 0 Å². The quantitative estimate of drug-likeness (QED) is 0.555. The molecule has 0 amide bonds. The van der Waals surface area contributed by atoms with Gasteiger partial charge in [-0.15, -0.1) is 0 Å². The van der Waals surface area contributed by atoms with Crippen LogP contribution in [0.15, 0.2) is 0 Å². The first-order chi connectivity index (χ1) is 16.3. The van der Waals surface area contributed by atoms with Gasteiger partial charge in [0.25, 0.3) is 0 Å². The minimum Gasteiger partial charge on any atom is -0.386 e. The summed E-state index contributed by atoms with van der Waals surface area (Å²) in [5, 5.41) is 25.9. The van der Waals surface area contributed by atoms with Crippen LogP contribution < -0.4 is 0 Å². The van der Waals surface area contributed by atoms with Crippen molar-refractivity contribution in [1.82, 2.24) is 4.90 Å². The molecule has 6 fully saturated rings. The van der Waals surface area contributed by atoms with Crippen molar-refractivity contribution in [3.05, 3.63) is 0 Å². The lowest BCUT2D eigenvalue weighted by molar-refractivity contribution is -0.320. The molecule has 8 nitrogen and oxygen atoms in total. The molecule has 1 saturated heterocycles. The van der Waals surface area contributed by atoms with E-state index in [4.69, 9.17) is 23.7 Å². The topological polar surface area (TPSA) is 89.9 Å². The maximum atomic E-state index is 13.1. The predicted octanol–water partition coefficient (Wildman–Crippen LogP) is 0.925. The average Bonchev–Trinajstić information content (AvgIpc) is 3.25. The van der Waals surface area contributed by atoms with E-state index in [1.165, 1.54) is 0 Å². The van der Waals surface area contributed by atoms with E-state index < -0.39 is 17.3 Å². The Bertz CT molecular complexity index is 829. The number of methoxy groups -OCH3 is 5. The minimum absolute atomic E-state index is 0.0262. The smallest absolute Gasteiger partial charge is 0.136 e. The highest BCUT2D eigenvalue weighted by Crippen LogP contribution is 2.80. The molecule has 13 atom stereocenters. The van der Waals surface area contributed by atoms with Gasteiger partial charge in [0, 0.05) is 77.1 Å². The molecule has 8 heteroatoms. The largest absolute Gasteiger partial charge is 0.386 e. The van der Waals surface area contributed by atoms with Gasteiger partial charge in [0.1, 0.15) is 11.2 Å². The Morgan fingerprint density at radius 1 is 1.00 bits per heavy atom. The summed E-state index contributed by atoms with van der Waals surface area (Å²) in [6.07, 6.45) is 2.30. The summed E-state index contributed by atoms with van der Waals surface area (Å²) in [5.74, 6) is 0.165. The molecule has 6 rings (SSSR count). The first kappa shape index (κ1) is 24.0. The molecular formula is C26H43NO7. The number of rotatable bonds is 7. The van der Waals surface area contributed by atoms with Crippen LogP contribution in [-0.2, 0) is 23.7 Å². The van der Waals surface area contributed by atoms with Crippen molar-refractivity contribution in [3.8, 4) is 0 Å². The predicted molar refractivity (Wildman–Crippen MR) is 123 cm³/mol. The van der Waals surface area contributed by atoms with Gasteiger partial charge in [-0.25, -0.2) is 0 Å².